The van der Waals surface area contributed by atoms with Crippen LogP contribution in [-0.4, -0.2) is 62.1 Å². The third kappa shape index (κ3) is 14.3. The molecule has 0 saturated carbocycles. The number of aliphatic hydroxyl groups excluding tert-OH is 1. The number of carboxylic acid groups (broad SMARTS) is 1. The van der Waals surface area contributed by atoms with Crippen molar-refractivity contribution in [2.75, 3.05) is 14.2 Å². The van der Waals surface area contributed by atoms with Gasteiger partial charge in [-0.1, -0.05) is 124 Å². The molecule has 0 bridgehead atoms. The average molecular weight is 1100 g/mol. The van der Waals surface area contributed by atoms with Crippen molar-refractivity contribution in [2.24, 2.45) is 0 Å². The normalized spacial score (nSPS) is 12.1. The first kappa shape index (κ1) is 61.7. The standard InChI is InChI=1S/C26H25F3N2O4S.C25H23F3N2O4S.CH4O.Na.H2O/c1-4-9-16-13-18-21(35-31-23(18)26(27,28)29)17(10-5-2)20(16)34-22(25(32)33-3)19-14-36-24(30-19)15-11-7-6-8-12-15;1-3-8-15-12-17-20(34-30-22(17)25(26,27)28)16(9-4-2)19(15)33-21(24(31)32)18-13-35-23(29-18)14-10-6-5-7-11-14;1-2;;/h6-8,11-14,22H,4-5,9-10H2,1-3H3;5-7,10-13,21H,3-4,8-9H2,1-2H3,(H,31,32);2H,1H3;;1H2/q;;;+1;/p-1. The van der Waals surface area contributed by atoms with Gasteiger partial charge in [0.05, 0.1) is 17.9 Å². The number of hydrogen-bond donors (Lipinski definition) is 2. The number of halogens is 6. The average Bonchev–Trinajstić information content (AvgIpc) is 4.22. The second kappa shape index (κ2) is 27.8. The van der Waals surface area contributed by atoms with Crippen LogP contribution < -0.4 is 39.0 Å². The molecule has 4 aromatic heterocycles. The number of nitrogens with zero attached hydrogens (tertiary/aromatic N) is 4. The van der Waals surface area contributed by atoms with Crippen molar-refractivity contribution in [3.05, 3.63) is 129 Å². The van der Waals surface area contributed by atoms with Gasteiger partial charge in [-0.3, -0.25) is 0 Å². The Morgan fingerprint density at radius 2 is 1.00 bits per heavy atom. The van der Waals surface area contributed by atoms with Crippen molar-refractivity contribution in [1.82, 2.24) is 20.3 Å². The van der Waals surface area contributed by atoms with Gasteiger partial charge in [-0.25, -0.2) is 19.6 Å². The Morgan fingerprint density at radius 1 is 0.627 bits per heavy atom. The van der Waals surface area contributed by atoms with E-state index in [1.165, 1.54) is 41.9 Å². The van der Waals surface area contributed by atoms with Gasteiger partial charge in [-0.15, -0.1) is 22.7 Å². The van der Waals surface area contributed by atoms with Crippen molar-refractivity contribution < 1.29 is 104 Å². The fourth-order valence-electron chi connectivity index (χ4n) is 7.99. The number of benzene rings is 4. The van der Waals surface area contributed by atoms with Crippen molar-refractivity contribution in [3.8, 4) is 32.6 Å². The summed E-state index contributed by atoms with van der Waals surface area (Å²) in [6.07, 6.45) is -8.02. The summed E-state index contributed by atoms with van der Waals surface area (Å²) < 4.78 is 109. The number of thiazole rings is 2. The van der Waals surface area contributed by atoms with Gasteiger partial charge >= 0.3 is 53.8 Å². The Hall–Kier alpha value is -5.88. The summed E-state index contributed by atoms with van der Waals surface area (Å²) in [5, 5.41) is 28.0. The maximum absolute atomic E-state index is 13.6. The van der Waals surface area contributed by atoms with Crippen LogP contribution in [0.15, 0.2) is 92.6 Å². The molecule has 4 heterocycles. The molecular formula is C52H53F6N4NaO10S2. The molecule has 14 nitrogen and oxygen atoms in total. The van der Waals surface area contributed by atoms with Crippen LogP contribution in [0.1, 0.15) is 111 Å². The molecule has 2 unspecified atom stereocenters. The largest absolute Gasteiger partial charge is 1.00 e. The van der Waals surface area contributed by atoms with Crippen LogP contribution in [0.3, 0.4) is 0 Å². The van der Waals surface area contributed by atoms with Crippen molar-refractivity contribution >= 4 is 56.6 Å². The molecule has 0 fully saturated rings. The van der Waals surface area contributed by atoms with E-state index in [2.05, 4.69) is 20.3 Å². The summed E-state index contributed by atoms with van der Waals surface area (Å²) in [6, 6.07) is 21.6. The molecule has 75 heavy (non-hydrogen) atoms. The van der Waals surface area contributed by atoms with Gasteiger partial charge in [-0.05, 0) is 48.9 Å². The Morgan fingerprint density at radius 3 is 1.35 bits per heavy atom. The first-order valence-corrected chi connectivity index (χ1v) is 24.9. The Bertz CT molecular complexity index is 3110. The number of carbonyl (C=O) groups excluding carboxylic acids is 1. The number of carbonyl (C=O) groups is 2. The van der Waals surface area contributed by atoms with Gasteiger partial charge in [0.15, 0.2) is 22.6 Å². The summed E-state index contributed by atoms with van der Waals surface area (Å²) in [6.45, 7) is 7.56. The Kier molecular flexibility index (Phi) is 22.8. The molecule has 0 aliphatic carbocycles. The van der Waals surface area contributed by atoms with E-state index >= 15 is 0 Å². The van der Waals surface area contributed by atoms with Gasteiger partial charge in [0, 0.05) is 40.1 Å². The second-order valence-electron chi connectivity index (χ2n) is 16.2. The van der Waals surface area contributed by atoms with E-state index in [1.807, 2.05) is 88.4 Å². The molecule has 0 amide bonds. The maximum atomic E-state index is 13.6. The number of fused-ring (bicyclic) bond motifs is 2. The predicted molar refractivity (Wildman–Crippen MR) is 266 cm³/mol. The van der Waals surface area contributed by atoms with Gasteiger partial charge in [0.25, 0.3) is 0 Å². The molecule has 23 heteroatoms. The molecule has 0 saturated heterocycles. The van der Waals surface area contributed by atoms with E-state index in [4.69, 9.17) is 28.4 Å². The number of aryl methyl sites for hydroxylation is 4. The molecule has 4 aromatic carbocycles. The summed E-state index contributed by atoms with van der Waals surface area (Å²) >= 11 is 2.64. The minimum absolute atomic E-state index is 0. The van der Waals surface area contributed by atoms with Crippen LogP contribution in [0.5, 0.6) is 11.5 Å². The number of aliphatic hydroxyl groups is 1. The smallest absolute Gasteiger partial charge is 0.870 e. The number of alkyl halides is 6. The fourth-order valence-corrected chi connectivity index (χ4v) is 9.66. The zero-order valence-corrected chi connectivity index (χ0v) is 45.6. The number of rotatable bonds is 18. The number of aromatic nitrogens is 4. The van der Waals surface area contributed by atoms with Gasteiger partial charge in [-0.2, -0.15) is 26.3 Å². The third-order valence-corrected chi connectivity index (χ3v) is 12.9. The zero-order valence-electron chi connectivity index (χ0n) is 42.0. The number of carboxylic acids is 1. The Balaban J connectivity index is 0.000000306. The summed E-state index contributed by atoms with van der Waals surface area (Å²) in [4.78, 5) is 34.2. The van der Waals surface area contributed by atoms with E-state index in [-0.39, 0.29) is 68.4 Å². The van der Waals surface area contributed by atoms with Crippen LogP contribution in [0, 0.1) is 0 Å². The molecule has 0 radical (unpaired) electrons. The van der Waals surface area contributed by atoms with E-state index < -0.39 is 47.9 Å². The third-order valence-electron chi connectivity index (χ3n) is 11.1. The fraction of sp³-hybridized carbons (Fsp3) is 0.346. The molecule has 2 atom stereocenters. The van der Waals surface area contributed by atoms with Crippen LogP contribution in [0.4, 0.5) is 26.3 Å². The van der Waals surface area contributed by atoms with Crippen molar-refractivity contribution in [2.45, 2.75) is 104 Å². The minimum Gasteiger partial charge on any atom is -0.870 e. The second-order valence-corrected chi connectivity index (χ2v) is 18.0. The molecule has 8 rings (SSSR count). The van der Waals surface area contributed by atoms with Crippen LogP contribution >= 0.6 is 22.7 Å². The van der Waals surface area contributed by atoms with Gasteiger partial charge in [0.2, 0.25) is 12.2 Å². The molecule has 0 spiro atoms. The summed E-state index contributed by atoms with van der Waals surface area (Å²) in [5.41, 5.74) is 1.90. The molecule has 8 aromatic rings. The summed E-state index contributed by atoms with van der Waals surface area (Å²) in [5.74, 6) is -1.40. The van der Waals surface area contributed by atoms with E-state index in [0.29, 0.717) is 95.1 Å². The Labute approximate surface area is 457 Å². The number of methoxy groups -OCH3 is 1. The van der Waals surface area contributed by atoms with Crippen LogP contribution in [-0.2, 0) is 52.4 Å². The number of aliphatic carboxylic acids is 1. The minimum atomic E-state index is -4.68. The molecule has 3 N–H and O–H groups in total. The first-order chi connectivity index (χ1) is 35.0. The van der Waals surface area contributed by atoms with Crippen LogP contribution in [0.25, 0.3) is 43.1 Å². The monoisotopic (exact) mass is 1090 g/mol. The van der Waals surface area contributed by atoms with Gasteiger partial charge in [0.1, 0.15) is 32.9 Å². The SMILES string of the molecule is CCCc1cc2c(C(F)(F)F)noc2c(CCC)c1OC(C(=O)O)c1csc(-c2ccccc2)n1.CCCc1cc2c(C(F)(F)F)noc2c(CCC)c1OC(C(=O)OC)c1csc(-c2ccccc2)n1.CO.[Na+].[OH-]. The quantitative estimate of drug-likeness (QED) is 0.0465. The topological polar surface area (TPSA) is 210 Å². The molecule has 396 valence electrons. The van der Waals surface area contributed by atoms with Crippen LogP contribution in [0.2, 0.25) is 0 Å². The number of ether oxygens (including phenoxy) is 3. The number of hydrogen-bond acceptors (Lipinski definition) is 15. The first-order valence-electron chi connectivity index (χ1n) is 23.2. The van der Waals surface area contributed by atoms with Crippen molar-refractivity contribution in [3.63, 3.8) is 0 Å². The zero-order chi connectivity index (χ0) is 53.0. The summed E-state index contributed by atoms with van der Waals surface area (Å²) in [7, 11) is 2.25. The predicted octanol–water partition coefficient (Wildman–Crippen LogP) is 10.7. The van der Waals surface area contributed by atoms with Gasteiger partial charge < -0.3 is 38.9 Å². The maximum Gasteiger partial charge on any atom is 1.00 e. The number of esters is 1. The van der Waals surface area contributed by atoms with Crippen molar-refractivity contribution in [1.29, 1.82) is 0 Å². The van der Waals surface area contributed by atoms with E-state index in [0.717, 1.165) is 18.2 Å². The van der Waals surface area contributed by atoms with E-state index in [9.17, 15) is 41.0 Å². The van der Waals surface area contributed by atoms with E-state index in [1.54, 1.807) is 10.8 Å². The molecule has 0 aliphatic heterocycles. The molecule has 0 aliphatic rings. The molecular weight excluding hydrogens is 1040 g/mol.